The Kier molecular flexibility index (Phi) is 8.54. The van der Waals surface area contributed by atoms with Crippen molar-refractivity contribution in [3.8, 4) is 11.4 Å². The molecule has 10 nitrogen and oxygen atoms in total. The van der Waals surface area contributed by atoms with Crippen LogP contribution < -0.4 is 11.5 Å². The van der Waals surface area contributed by atoms with E-state index < -0.39 is 11.9 Å². The minimum absolute atomic E-state index is 0.116. The number of carbonyl (C=O) groups excluding carboxylic acids is 2. The molecule has 0 atom stereocenters. The van der Waals surface area contributed by atoms with Crippen LogP contribution in [0.15, 0.2) is 37.4 Å². The molecule has 1 aromatic carbocycles. The maximum absolute atomic E-state index is 11.8. The van der Waals surface area contributed by atoms with E-state index in [1.165, 1.54) is 26.4 Å². The number of carbonyl (C=O) groups is 2. The summed E-state index contributed by atoms with van der Waals surface area (Å²) in [6.07, 6.45) is 2.88. The van der Waals surface area contributed by atoms with Gasteiger partial charge in [-0.05, 0) is 13.8 Å². The number of hydrogen-bond acceptors (Lipinski definition) is 10. The monoisotopic (exact) mass is 462 g/mol. The smallest absolute Gasteiger partial charge is 0.357 e. The topological polar surface area (TPSA) is 156 Å². The van der Waals surface area contributed by atoms with Gasteiger partial charge in [0.2, 0.25) is 0 Å². The van der Waals surface area contributed by atoms with Crippen LogP contribution in [0.25, 0.3) is 23.5 Å². The Labute approximate surface area is 197 Å². The van der Waals surface area contributed by atoms with Crippen LogP contribution in [0, 0.1) is 13.8 Å². The zero-order chi connectivity index (χ0) is 25.4. The van der Waals surface area contributed by atoms with E-state index in [1.807, 2.05) is 31.2 Å². The van der Waals surface area contributed by atoms with Gasteiger partial charge in [0, 0.05) is 16.7 Å². The lowest BCUT2D eigenvalue weighted by Crippen LogP contribution is -2.11. The SMILES string of the molecule is C=Cc1c(N)nc(-c2ccc(C)cc2)nc1C(=O)OC.C=Cc1c(N)nc(C)nc1C(=O)OC. The Hall–Kier alpha value is -4.60. The van der Waals surface area contributed by atoms with Crippen molar-refractivity contribution in [2.75, 3.05) is 25.7 Å². The summed E-state index contributed by atoms with van der Waals surface area (Å²) in [4.78, 5) is 39.3. The van der Waals surface area contributed by atoms with Crippen molar-refractivity contribution in [3.63, 3.8) is 0 Å². The maximum Gasteiger partial charge on any atom is 0.357 e. The van der Waals surface area contributed by atoms with Gasteiger partial charge in [0.15, 0.2) is 17.2 Å². The highest BCUT2D eigenvalue weighted by Gasteiger charge is 2.18. The van der Waals surface area contributed by atoms with Crippen LogP contribution in [0.3, 0.4) is 0 Å². The third kappa shape index (κ3) is 5.80. The number of esters is 2. The molecule has 0 saturated heterocycles. The molecule has 0 saturated carbocycles. The zero-order valence-electron chi connectivity index (χ0n) is 19.5. The highest BCUT2D eigenvalue weighted by molar-refractivity contribution is 5.94. The molecule has 0 aliphatic heterocycles. The summed E-state index contributed by atoms with van der Waals surface area (Å²) in [7, 11) is 2.57. The van der Waals surface area contributed by atoms with Gasteiger partial charge in [-0.3, -0.25) is 0 Å². The molecule has 3 rings (SSSR count). The van der Waals surface area contributed by atoms with Gasteiger partial charge in [0.05, 0.1) is 14.2 Å². The molecule has 2 heterocycles. The maximum atomic E-state index is 11.8. The number of nitrogens with two attached hydrogens (primary N) is 2. The van der Waals surface area contributed by atoms with Crippen LogP contribution in [0.4, 0.5) is 11.6 Å². The van der Waals surface area contributed by atoms with E-state index in [0.717, 1.165) is 11.1 Å². The summed E-state index contributed by atoms with van der Waals surface area (Å²) in [6, 6.07) is 7.62. The number of anilines is 2. The molecule has 34 heavy (non-hydrogen) atoms. The van der Waals surface area contributed by atoms with E-state index in [2.05, 4.69) is 37.8 Å². The van der Waals surface area contributed by atoms with Gasteiger partial charge in [-0.15, -0.1) is 0 Å². The number of rotatable bonds is 5. The molecule has 0 aliphatic carbocycles. The Morgan fingerprint density at radius 3 is 1.74 bits per heavy atom. The summed E-state index contributed by atoms with van der Waals surface area (Å²) < 4.78 is 9.27. The van der Waals surface area contributed by atoms with E-state index in [4.69, 9.17) is 16.2 Å². The zero-order valence-corrected chi connectivity index (χ0v) is 19.5. The molecular formula is C24H26N6O4. The van der Waals surface area contributed by atoms with Gasteiger partial charge in [-0.25, -0.2) is 29.5 Å². The molecule has 4 N–H and O–H groups in total. The van der Waals surface area contributed by atoms with Gasteiger partial charge < -0.3 is 20.9 Å². The predicted molar refractivity (Wildman–Crippen MR) is 131 cm³/mol. The van der Waals surface area contributed by atoms with E-state index >= 15 is 0 Å². The lowest BCUT2D eigenvalue weighted by atomic mass is 10.1. The first-order valence-electron chi connectivity index (χ1n) is 9.96. The summed E-state index contributed by atoms with van der Waals surface area (Å²) in [5.74, 6) is 0.125. The lowest BCUT2D eigenvalue weighted by Gasteiger charge is -2.09. The van der Waals surface area contributed by atoms with Crippen LogP contribution in [0.5, 0.6) is 0 Å². The van der Waals surface area contributed by atoms with Gasteiger partial charge in [-0.2, -0.15) is 0 Å². The Balaban J connectivity index is 0.000000257. The van der Waals surface area contributed by atoms with Crippen molar-refractivity contribution >= 4 is 35.7 Å². The molecule has 0 spiro atoms. The third-order valence-corrected chi connectivity index (χ3v) is 4.54. The number of benzene rings is 1. The summed E-state index contributed by atoms with van der Waals surface area (Å²) in [5, 5.41) is 0. The Morgan fingerprint density at radius 1 is 0.794 bits per heavy atom. The summed E-state index contributed by atoms with van der Waals surface area (Å²) in [6.45, 7) is 10.8. The van der Waals surface area contributed by atoms with Gasteiger partial charge >= 0.3 is 11.9 Å². The highest BCUT2D eigenvalue weighted by Crippen LogP contribution is 2.22. The van der Waals surface area contributed by atoms with Crippen molar-refractivity contribution in [2.45, 2.75) is 13.8 Å². The summed E-state index contributed by atoms with van der Waals surface area (Å²) >= 11 is 0. The minimum Gasteiger partial charge on any atom is -0.464 e. The van der Waals surface area contributed by atoms with Crippen molar-refractivity contribution in [3.05, 3.63) is 71.3 Å². The predicted octanol–water partition coefficient (Wildman–Crippen LogP) is 3.26. The van der Waals surface area contributed by atoms with E-state index in [-0.39, 0.29) is 23.0 Å². The fourth-order valence-electron chi connectivity index (χ4n) is 2.83. The largest absolute Gasteiger partial charge is 0.464 e. The number of hydrogen-bond donors (Lipinski definition) is 2. The average molecular weight is 463 g/mol. The first-order chi connectivity index (χ1) is 16.2. The quantitative estimate of drug-likeness (QED) is 0.539. The van der Waals surface area contributed by atoms with Crippen molar-refractivity contribution in [1.29, 1.82) is 0 Å². The number of methoxy groups -OCH3 is 2. The molecule has 0 unspecified atom stereocenters. The number of ether oxygens (including phenoxy) is 2. The molecule has 0 fully saturated rings. The number of aryl methyl sites for hydroxylation is 2. The first kappa shape index (κ1) is 25.7. The molecule has 0 amide bonds. The van der Waals surface area contributed by atoms with E-state index in [1.54, 1.807) is 6.92 Å². The lowest BCUT2D eigenvalue weighted by molar-refractivity contribution is 0.0585. The van der Waals surface area contributed by atoms with Crippen molar-refractivity contribution < 1.29 is 19.1 Å². The second-order valence-corrected chi connectivity index (χ2v) is 6.87. The van der Waals surface area contributed by atoms with E-state index in [0.29, 0.717) is 22.8 Å². The van der Waals surface area contributed by atoms with Crippen molar-refractivity contribution in [2.24, 2.45) is 0 Å². The average Bonchev–Trinajstić information content (AvgIpc) is 2.82. The molecule has 176 valence electrons. The second kappa shape index (κ2) is 11.3. The molecule has 0 aliphatic rings. The van der Waals surface area contributed by atoms with Gasteiger partial charge in [0.1, 0.15) is 17.5 Å². The Morgan fingerprint density at radius 2 is 1.26 bits per heavy atom. The Bertz CT molecular complexity index is 1240. The fourth-order valence-corrected chi connectivity index (χ4v) is 2.83. The standard InChI is InChI=1S/C15H15N3O2.C9H11N3O2/c1-4-11-12(15(19)20-3)17-14(18-13(11)16)10-7-5-9(2)6-8-10;1-4-6-7(9(13)14-3)11-5(2)12-8(6)10/h4-8H,1H2,2-3H3,(H2,16,17,18);4H,1H2,2-3H3,(H2,10,11,12). The van der Waals surface area contributed by atoms with Crippen LogP contribution in [-0.4, -0.2) is 46.1 Å². The van der Waals surface area contributed by atoms with Crippen LogP contribution in [0.1, 0.15) is 43.5 Å². The van der Waals surface area contributed by atoms with Crippen molar-refractivity contribution in [1.82, 2.24) is 19.9 Å². The van der Waals surface area contributed by atoms with Crippen LogP contribution in [0.2, 0.25) is 0 Å². The van der Waals surface area contributed by atoms with Gasteiger partial charge in [-0.1, -0.05) is 55.1 Å². The van der Waals surface area contributed by atoms with E-state index in [9.17, 15) is 9.59 Å². The third-order valence-electron chi connectivity index (χ3n) is 4.54. The molecule has 3 aromatic rings. The molecular weight excluding hydrogens is 436 g/mol. The minimum atomic E-state index is -0.567. The molecule has 10 heteroatoms. The number of nitrogen functional groups attached to an aromatic ring is 2. The number of nitrogens with zero attached hydrogens (tertiary/aromatic N) is 4. The molecule has 0 radical (unpaired) electrons. The first-order valence-corrected chi connectivity index (χ1v) is 9.96. The molecule has 0 bridgehead atoms. The number of aromatic nitrogens is 4. The highest BCUT2D eigenvalue weighted by atomic mass is 16.5. The normalized spacial score (nSPS) is 9.88. The van der Waals surface area contributed by atoms with Crippen LogP contribution in [-0.2, 0) is 9.47 Å². The molecule has 2 aromatic heterocycles. The fraction of sp³-hybridized carbons (Fsp3) is 0.167. The second-order valence-electron chi connectivity index (χ2n) is 6.87. The van der Waals surface area contributed by atoms with Crippen LogP contribution >= 0.6 is 0 Å². The van der Waals surface area contributed by atoms with Gasteiger partial charge in [0.25, 0.3) is 0 Å². The summed E-state index contributed by atoms with van der Waals surface area (Å²) in [5.41, 5.74) is 14.4.